The zero-order chi connectivity index (χ0) is 16.2. The second-order valence-electron chi connectivity index (χ2n) is 5.25. The number of esters is 1. The van der Waals surface area contributed by atoms with E-state index in [-0.39, 0.29) is 12.8 Å². The molecule has 23 heavy (non-hydrogen) atoms. The number of carbonyl (C=O) groups excluding carboxylic acids is 1. The van der Waals surface area contributed by atoms with Crippen molar-refractivity contribution >= 4 is 17.6 Å². The molecule has 0 amide bonds. The molecule has 1 aliphatic rings. The third kappa shape index (κ3) is 3.54. The molecule has 2 aromatic carbocycles. The third-order valence-corrected chi connectivity index (χ3v) is 3.61. The van der Waals surface area contributed by atoms with Crippen molar-refractivity contribution in [1.29, 1.82) is 0 Å². The number of ether oxygens (including phenoxy) is 3. The summed E-state index contributed by atoms with van der Waals surface area (Å²) in [7, 11) is 0. The first kappa shape index (κ1) is 15.2. The Labute approximate surface area is 135 Å². The molecule has 0 atom stereocenters. The maximum atomic E-state index is 10.9. The predicted octanol–water partition coefficient (Wildman–Crippen LogP) is 4.29. The number of hydrogen-bond acceptors (Lipinski definition) is 4. The minimum atomic E-state index is -0.317. The Morgan fingerprint density at radius 1 is 1.13 bits per heavy atom. The van der Waals surface area contributed by atoms with Crippen molar-refractivity contribution in [2.75, 3.05) is 6.79 Å². The van der Waals surface area contributed by atoms with E-state index >= 15 is 0 Å². The van der Waals surface area contributed by atoms with E-state index in [1.54, 1.807) is 12.1 Å². The van der Waals surface area contributed by atoms with Gasteiger partial charge in [-0.05, 0) is 47.4 Å². The normalized spacial score (nSPS) is 13.0. The molecule has 4 heteroatoms. The van der Waals surface area contributed by atoms with Gasteiger partial charge < -0.3 is 14.2 Å². The first-order chi connectivity index (χ1) is 11.2. The highest BCUT2D eigenvalue weighted by Crippen LogP contribution is 2.35. The van der Waals surface area contributed by atoms with Crippen LogP contribution >= 0.6 is 0 Å². The van der Waals surface area contributed by atoms with Crippen LogP contribution < -0.4 is 14.2 Å². The molecule has 0 bridgehead atoms. The Morgan fingerprint density at radius 2 is 1.87 bits per heavy atom. The average Bonchev–Trinajstić information content (AvgIpc) is 3.01. The lowest BCUT2D eigenvalue weighted by Gasteiger charge is -2.07. The smallest absolute Gasteiger partial charge is 0.308 e. The van der Waals surface area contributed by atoms with Gasteiger partial charge in [-0.3, -0.25) is 4.79 Å². The maximum absolute atomic E-state index is 10.9. The number of allylic oxidation sites excluding steroid dienone is 1. The monoisotopic (exact) mass is 310 g/mol. The summed E-state index contributed by atoms with van der Waals surface area (Å²) in [5.41, 5.74) is 3.36. The van der Waals surface area contributed by atoms with E-state index in [1.165, 1.54) is 12.5 Å². The second-order valence-corrected chi connectivity index (χ2v) is 5.25. The minimum Gasteiger partial charge on any atom is -0.454 e. The van der Waals surface area contributed by atoms with E-state index in [9.17, 15) is 4.79 Å². The summed E-state index contributed by atoms with van der Waals surface area (Å²) >= 11 is 0. The molecule has 0 aromatic heterocycles. The maximum Gasteiger partial charge on any atom is 0.308 e. The first-order valence-corrected chi connectivity index (χ1v) is 7.55. The summed E-state index contributed by atoms with van der Waals surface area (Å²) < 4.78 is 15.8. The number of fused-ring (bicyclic) bond motifs is 1. The molecule has 0 aliphatic carbocycles. The summed E-state index contributed by atoms with van der Waals surface area (Å²) in [6.07, 6.45) is 3.01. The van der Waals surface area contributed by atoms with E-state index in [0.717, 1.165) is 29.0 Å². The zero-order valence-electron chi connectivity index (χ0n) is 13.2. The van der Waals surface area contributed by atoms with Gasteiger partial charge in [-0.15, -0.1) is 0 Å². The lowest BCUT2D eigenvalue weighted by molar-refractivity contribution is -0.131. The fourth-order valence-corrected chi connectivity index (χ4v) is 2.49. The molecular formula is C19H18O4. The van der Waals surface area contributed by atoms with Gasteiger partial charge in [0, 0.05) is 6.92 Å². The van der Waals surface area contributed by atoms with Crippen LogP contribution in [0.4, 0.5) is 0 Å². The lowest BCUT2D eigenvalue weighted by atomic mass is 10.00. The van der Waals surface area contributed by atoms with Crippen LogP contribution in [0.5, 0.6) is 17.2 Å². The largest absolute Gasteiger partial charge is 0.454 e. The van der Waals surface area contributed by atoms with Crippen LogP contribution in [0.1, 0.15) is 31.4 Å². The van der Waals surface area contributed by atoms with Crippen molar-refractivity contribution < 1.29 is 19.0 Å². The van der Waals surface area contributed by atoms with Crippen molar-refractivity contribution in [3.8, 4) is 17.2 Å². The van der Waals surface area contributed by atoms with Crippen LogP contribution in [-0.4, -0.2) is 12.8 Å². The molecule has 0 unspecified atom stereocenters. The highest BCUT2D eigenvalue weighted by molar-refractivity contribution is 5.82. The standard InChI is InChI=1S/C19H18O4/c1-3-15(16-6-9-18-19(11-16)22-12-21-18)10-14-4-7-17(8-5-14)23-13(2)20/h4-11H,3,12H2,1-2H3. The van der Waals surface area contributed by atoms with E-state index < -0.39 is 0 Å². The van der Waals surface area contributed by atoms with E-state index in [0.29, 0.717) is 5.75 Å². The predicted molar refractivity (Wildman–Crippen MR) is 88.5 cm³/mol. The van der Waals surface area contributed by atoms with Crippen LogP contribution in [0.25, 0.3) is 11.6 Å². The molecule has 0 saturated carbocycles. The molecular weight excluding hydrogens is 292 g/mol. The molecule has 0 fully saturated rings. The molecule has 0 radical (unpaired) electrons. The van der Waals surface area contributed by atoms with Crippen LogP contribution in [0, 0.1) is 0 Å². The van der Waals surface area contributed by atoms with Gasteiger partial charge >= 0.3 is 5.97 Å². The minimum absolute atomic E-state index is 0.279. The van der Waals surface area contributed by atoms with Crippen molar-refractivity contribution in [3.05, 3.63) is 53.6 Å². The van der Waals surface area contributed by atoms with E-state index in [1.807, 2.05) is 30.3 Å². The summed E-state index contributed by atoms with van der Waals surface area (Å²) in [4.78, 5) is 10.9. The van der Waals surface area contributed by atoms with Gasteiger partial charge in [0.15, 0.2) is 11.5 Å². The topological polar surface area (TPSA) is 44.8 Å². The van der Waals surface area contributed by atoms with Gasteiger partial charge in [-0.1, -0.05) is 31.2 Å². The Hall–Kier alpha value is -2.75. The summed E-state index contributed by atoms with van der Waals surface area (Å²) in [6.45, 7) is 3.79. The van der Waals surface area contributed by atoms with Gasteiger partial charge in [0.25, 0.3) is 0 Å². The Kier molecular flexibility index (Phi) is 4.33. The SMILES string of the molecule is CCC(=Cc1ccc(OC(C)=O)cc1)c1ccc2c(c1)OCO2. The molecule has 2 aromatic rings. The van der Waals surface area contributed by atoms with Crippen LogP contribution in [0.3, 0.4) is 0 Å². The summed E-state index contributed by atoms with van der Waals surface area (Å²) in [6, 6.07) is 13.4. The zero-order valence-corrected chi connectivity index (χ0v) is 13.2. The summed E-state index contributed by atoms with van der Waals surface area (Å²) in [5.74, 6) is 1.81. The van der Waals surface area contributed by atoms with Crippen molar-refractivity contribution in [2.24, 2.45) is 0 Å². The van der Waals surface area contributed by atoms with Gasteiger partial charge in [0.1, 0.15) is 5.75 Å². The number of benzene rings is 2. The van der Waals surface area contributed by atoms with Gasteiger partial charge in [-0.2, -0.15) is 0 Å². The van der Waals surface area contributed by atoms with Crippen molar-refractivity contribution in [3.63, 3.8) is 0 Å². The molecule has 1 heterocycles. The quantitative estimate of drug-likeness (QED) is 0.480. The third-order valence-electron chi connectivity index (χ3n) is 3.61. The molecule has 3 rings (SSSR count). The van der Waals surface area contributed by atoms with Crippen LogP contribution in [-0.2, 0) is 4.79 Å². The highest BCUT2D eigenvalue weighted by Gasteiger charge is 2.14. The molecule has 4 nitrogen and oxygen atoms in total. The van der Waals surface area contributed by atoms with Gasteiger partial charge in [0.05, 0.1) is 0 Å². The van der Waals surface area contributed by atoms with Gasteiger partial charge in [0.2, 0.25) is 6.79 Å². The van der Waals surface area contributed by atoms with E-state index in [2.05, 4.69) is 13.0 Å². The number of rotatable bonds is 4. The highest BCUT2D eigenvalue weighted by atomic mass is 16.7. The Morgan fingerprint density at radius 3 is 2.57 bits per heavy atom. The summed E-state index contributed by atoms with van der Waals surface area (Å²) in [5, 5.41) is 0. The second kappa shape index (κ2) is 6.57. The fourth-order valence-electron chi connectivity index (χ4n) is 2.49. The van der Waals surface area contributed by atoms with Gasteiger partial charge in [-0.25, -0.2) is 0 Å². The molecule has 0 saturated heterocycles. The van der Waals surface area contributed by atoms with Crippen LogP contribution in [0.15, 0.2) is 42.5 Å². The molecule has 1 aliphatic heterocycles. The first-order valence-electron chi connectivity index (χ1n) is 7.55. The lowest BCUT2D eigenvalue weighted by Crippen LogP contribution is -2.00. The Bertz CT molecular complexity index is 744. The fraction of sp³-hybridized carbons (Fsp3) is 0.211. The number of carbonyl (C=O) groups is 1. The van der Waals surface area contributed by atoms with Crippen molar-refractivity contribution in [1.82, 2.24) is 0 Å². The Balaban J connectivity index is 1.85. The molecule has 0 N–H and O–H groups in total. The average molecular weight is 310 g/mol. The van der Waals surface area contributed by atoms with Crippen LogP contribution in [0.2, 0.25) is 0 Å². The molecule has 0 spiro atoms. The molecule has 118 valence electrons. The van der Waals surface area contributed by atoms with Crippen molar-refractivity contribution in [2.45, 2.75) is 20.3 Å². The van der Waals surface area contributed by atoms with E-state index in [4.69, 9.17) is 14.2 Å². The number of hydrogen-bond donors (Lipinski definition) is 0.